The summed E-state index contributed by atoms with van der Waals surface area (Å²) in [6, 6.07) is 23.5. The SMILES string of the molecule is COc1cc(CNC(=O)[C@]2(Cc3ccccc3Br)N=C(c3ccc(OCCCO)cc3)O[C@@H]2c2ccc(Cl)cc2Cl)cc(OC)c1OC. The zero-order valence-corrected chi connectivity index (χ0v) is 29.7. The maximum Gasteiger partial charge on any atom is 0.252 e. The number of benzene rings is 4. The normalized spacial score (nSPS) is 16.9. The summed E-state index contributed by atoms with van der Waals surface area (Å²) in [6.07, 6.45) is -0.237. The summed E-state index contributed by atoms with van der Waals surface area (Å²) < 4.78 is 29.7. The highest BCUT2D eigenvalue weighted by Crippen LogP contribution is 2.46. The Labute approximate surface area is 297 Å². The number of nitrogens with one attached hydrogen (secondary N) is 1. The summed E-state index contributed by atoms with van der Waals surface area (Å²) in [7, 11) is 4.60. The molecule has 0 aromatic heterocycles. The molecular formula is C36H35BrCl2N2O7. The number of aliphatic hydroxyl groups is 1. The third kappa shape index (κ3) is 7.68. The minimum absolute atomic E-state index is 0.0403. The van der Waals surface area contributed by atoms with E-state index < -0.39 is 11.6 Å². The lowest BCUT2D eigenvalue weighted by Crippen LogP contribution is -2.49. The number of rotatable bonds is 14. The second-order valence-electron chi connectivity index (χ2n) is 10.9. The third-order valence-electron chi connectivity index (χ3n) is 7.87. The molecule has 1 aliphatic rings. The van der Waals surface area contributed by atoms with Crippen LogP contribution in [0.25, 0.3) is 0 Å². The molecule has 1 heterocycles. The molecule has 252 valence electrons. The van der Waals surface area contributed by atoms with Gasteiger partial charge in [-0.3, -0.25) is 4.79 Å². The Hall–Kier alpha value is -3.96. The van der Waals surface area contributed by atoms with Gasteiger partial charge >= 0.3 is 0 Å². The van der Waals surface area contributed by atoms with E-state index in [1.54, 1.807) is 42.5 Å². The largest absolute Gasteiger partial charge is 0.494 e. The molecule has 0 aliphatic carbocycles. The van der Waals surface area contributed by atoms with Gasteiger partial charge in [0.15, 0.2) is 23.1 Å². The molecule has 4 aromatic carbocycles. The van der Waals surface area contributed by atoms with Gasteiger partial charge in [0.2, 0.25) is 11.6 Å². The van der Waals surface area contributed by atoms with Gasteiger partial charge in [-0.1, -0.05) is 63.4 Å². The van der Waals surface area contributed by atoms with Crippen LogP contribution < -0.4 is 24.3 Å². The average Bonchev–Trinajstić information content (AvgIpc) is 3.48. The first-order valence-corrected chi connectivity index (χ1v) is 16.6. The molecule has 0 fully saturated rings. The molecule has 0 unspecified atom stereocenters. The van der Waals surface area contributed by atoms with Crippen molar-refractivity contribution in [2.75, 3.05) is 34.5 Å². The van der Waals surface area contributed by atoms with E-state index in [4.69, 9.17) is 57.0 Å². The number of aliphatic hydroxyl groups excluding tert-OH is 1. The van der Waals surface area contributed by atoms with Crippen molar-refractivity contribution in [2.24, 2.45) is 4.99 Å². The number of nitrogens with zero attached hydrogens (tertiary/aromatic N) is 1. The van der Waals surface area contributed by atoms with E-state index in [0.717, 1.165) is 15.6 Å². The molecular weight excluding hydrogens is 723 g/mol. The molecule has 0 radical (unpaired) electrons. The van der Waals surface area contributed by atoms with E-state index in [2.05, 4.69) is 21.2 Å². The summed E-state index contributed by atoms with van der Waals surface area (Å²) in [6.45, 7) is 0.545. The van der Waals surface area contributed by atoms with Gasteiger partial charge in [0.05, 0.1) is 27.9 Å². The molecule has 0 bridgehead atoms. The van der Waals surface area contributed by atoms with Crippen LogP contribution in [0.3, 0.4) is 0 Å². The zero-order valence-electron chi connectivity index (χ0n) is 26.6. The highest BCUT2D eigenvalue weighted by atomic mass is 79.9. The lowest BCUT2D eigenvalue weighted by Gasteiger charge is -2.31. The highest BCUT2D eigenvalue weighted by Gasteiger charge is 2.54. The predicted octanol–water partition coefficient (Wildman–Crippen LogP) is 7.36. The predicted molar refractivity (Wildman–Crippen MR) is 189 cm³/mol. The van der Waals surface area contributed by atoms with Crippen molar-refractivity contribution in [3.63, 3.8) is 0 Å². The Morgan fingerprint density at radius 1 is 0.979 bits per heavy atom. The fourth-order valence-electron chi connectivity index (χ4n) is 5.48. The number of hydrogen-bond donors (Lipinski definition) is 2. The van der Waals surface area contributed by atoms with E-state index >= 15 is 0 Å². The fourth-order valence-corrected chi connectivity index (χ4v) is 6.41. The molecule has 2 atom stereocenters. The summed E-state index contributed by atoms with van der Waals surface area (Å²) in [5.74, 6) is 1.88. The molecule has 9 nitrogen and oxygen atoms in total. The topological polar surface area (TPSA) is 108 Å². The highest BCUT2D eigenvalue weighted by molar-refractivity contribution is 9.10. The number of amides is 1. The molecule has 12 heteroatoms. The van der Waals surface area contributed by atoms with Crippen LogP contribution in [-0.4, -0.2) is 57.0 Å². The van der Waals surface area contributed by atoms with Gasteiger partial charge in [-0.25, -0.2) is 4.99 Å². The van der Waals surface area contributed by atoms with Crippen molar-refractivity contribution in [1.29, 1.82) is 0 Å². The van der Waals surface area contributed by atoms with Gasteiger partial charge in [0.1, 0.15) is 5.75 Å². The second kappa shape index (κ2) is 16.0. The van der Waals surface area contributed by atoms with Gasteiger partial charge in [-0.15, -0.1) is 0 Å². The summed E-state index contributed by atoms with van der Waals surface area (Å²) in [5.41, 5.74) is 1.25. The Bertz CT molecular complexity index is 1760. The number of carbonyl (C=O) groups excluding carboxylic acids is 1. The minimum Gasteiger partial charge on any atom is -0.494 e. The van der Waals surface area contributed by atoms with Crippen LogP contribution in [0.1, 0.15) is 34.8 Å². The quantitative estimate of drug-likeness (QED) is 0.130. The summed E-state index contributed by atoms with van der Waals surface area (Å²) in [5, 5.41) is 13.0. The fraction of sp³-hybridized carbons (Fsp3) is 0.278. The van der Waals surface area contributed by atoms with Gasteiger partial charge in [-0.05, 0) is 65.7 Å². The molecule has 2 N–H and O–H groups in total. The Balaban J connectivity index is 1.59. The van der Waals surface area contributed by atoms with Crippen molar-refractivity contribution in [3.05, 3.63) is 116 Å². The maximum atomic E-state index is 14.7. The van der Waals surface area contributed by atoms with Crippen molar-refractivity contribution in [1.82, 2.24) is 5.32 Å². The monoisotopic (exact) mass is 756 g/mol. The summed E-state index contributed by atoms with van der Waals surface area (Å²) >= 11 is 16.7. The van der Waals surface area contributed by atoms with Crippen LogP contribution in [-0.2, 0) is 22.5 Å². The van der Waals surface area contributed by atoms with E-state index in [0.29, 0.717) is 57.2 Å². The van der Waals surface area contributed by atoms with E-state index in [-0.39, 0.29) is 31.4 Å². The Morgan fingerprint density at radius 3 is 2.31 bits per heavy atom. The average molecular weight is 758 g/mol. The molecule has 0 saturated heterocycles. The molecule has 5 rings (SSSR count). The van der Waals surface area contributed by atoms with Gasteiger partial charge < -0.3 is 34.1 Å². The van der Waals surface area contributed by atoms with Crippen LogP contribution >= 0.6 is 39.1 Å². The molecule has 0 spiro atoms. The molecule has 1 amide bonds. The van der Waals surface area contributed by atoms with E-state index in [1.807, 2.05) is 36.4 Å². The van der Waals surface area contributed by atoms with E-state index in [1.165, 1.54) is 21.3 Å². The van der Waals surface area contributed by atoms with E-state index in [9.17, 15) is 4.79 Å². The lowest BCUT2D eigenvalue weighted by molar-refractivity contribution is -0.129. The number of carbonyl (C=O) groups is 1. The van der Waals surface area contributed by atoms with Crippen molar-refractivity contribution in [2.45, 2.75) is 31.0 Å². The first-order chi connectivity index (χ1) is 23.2. The Kier molecular flexibility index (Phi) is 11.8. The molecule has 1 aliphatic heterocycles. The first kappa shape index (κ1) is 35.3. The number of hydrogen-bond acceptors (Lipinski definition) is 8. The first-order valence-electron chi connectivity index (χ1n) is 15.1. The number of aliphatic imine (C=N–C) groups is 1. The lowest BCUT2D eigenvalue weighted by atomic mass is 9.82. The summed E-state index contributed by atoms with van der Waals surface area (Å²) in [4.78, 5) is 19.8. The number of methoxy groups -OCH3 is 3. The van der Waals surface area contributed by atoms with Gasteiger partial charge in [0, 0.05) is 51.6 Å². The van der Waals surface area contributed by atoms with Gasteiger partial charge in [-0.2, -0.15) is 0 Å². The van der Waals surface area contributed by atoms with Crippen molar-refractivity contribution >= 4 is 50.9 Å². The number of halogens is 3. The number of ether oxygens (including phenoxy) is 5. The molecule has 48 heavy (non-hydrogen) atoms. The van der Waals surface area contributed by atoms with Crippen LogP contribution in [0.4, 0.5) is 0 Å². The van der Waals surface area contributed by atoms with Crippen LogP contribution in [0, 0.1) is 0 Å². The molecule has 0 saturated carbocycles. The Morgan fingerprint density at radius 2 is 1.69 bits per heavy atom. The zero-order chi connectivity index (χ0) is 34.3. The van der Waals surface area contributed by atoms with Crippen LogP contribution in [0.2, 0.25) is 10.0 Å². The second-order valence-corrected chi connectivity index (χ2v) is 12.6. The molecule has 4 aromatic rings. The van der Waals surface area contributed by atoms with Gasteiger partial charge in [0.25, 0.3) is 5.91 Å². The van der Waals surface area contributed by atoms with Crippen molar-refractivity contribution in [3.8, 4) is 23.0 Å². The minimum atomic E-state index is -1.51. The smallest absolute Gasteiger partial charge is 0.252 e. The maximum absolute atomic E-state index is 14.7. The standard InChI is InChI=1S/C36H35BrCl2N2O7/c1-44-30-17-22(18-31(45-2)32(30)46-3)21-40-35(43)36(20-24-7-4-5-8-28(24)37)33(27-14-11-25(38)19-29(27)39)48-34(41-36)23-9-12-26(13-10-23)47-16-6-15-42/h4-5,7-14,17-19,33,42H,6,15-16,20-21H2,1-3H3,(H,40,43)/t33-,36-/m1/s1. The van der Waals surface area contributed by atoms with Crippen LogP contribution in [0.5, 0.6) is 23.0 Å². The third-order valence-corrected chi connectivity index (χ3v) is 9.21. The van der Waals surface area contributed by atoms with Crippen LogP contribution in [0.15, 0.2) is 88.3 Å². The van der Waals surface area contributed by atoms with Crippen molar-refractivity contribution < 1.29 is 33.6 Å².